The molecule has 0 saturated carbocycles. The third-order valence-corrected chi connectivity index (χ3v) is 4.59. The van der Waals surface area contributed by atoms with E-state index in [1.807, 2.05) is 13.8 Å². The Balaban J connectivity index is 3.31. The predicted molar refractivity (Wildman–Crippen MR) is 90.4 cm³/mol. The summed E-state index contributed by atoms with van der Waals surface area (Å²) in [6, 6.07) is 3.29. The summed E-state index contributed by atoms with van der Waals surface area (Å²) in [5, 5.41) is 3.45. The third-order valence-electron chi connectivity index (χ3n) is 3.33. The van der Waals surface area contributed by atoms with Gasteiger partial charge in [0, 0.05) is 16.6 Å². The fourth-order valence-electron chi connectivity index (χ4n) is 2.41. The number of likely N-dealkylation sites (N-methyl/N-ethyl adjacent to an activating group) is 1. The quantitative estimate of drug-likeness (QED) is 0.672. The molecule has 0 bridgehead atoms. The van der Waals surface area contributed by atoms with E-state index in [1.165, 1.54) is 0 Å². The van der Waals surface area contributed by atoms with Crippen molar-refractivity contribution in [3.8, 4) is 0 Å². The molecule has 2 atom stereocenters. The van der Waals surface area contributed by atoms with Crippen molar-refractivity contribution in [2.75, 3.05) is 13.2 Å². The number of hydrogen-bond acceptors (Lipinski definition) is 2. The maximum atomic E-state index is 14.6. The number of halogens is 3. The van der Waals surface area contributed by atoms with Crippen LogP contribution in [0.4, 0.5) is 4.39 Å². The Morgan fingerprint density at radius 2 is 1.95 bits per heavy atom. The molecule has 1 aromatic rings. The van der Waals surface area contributed by atoms with Gasteiger partial charge in [0.1, 0.15) is 5.82 Å². The molecule has 1 rings (SSSR count). The van der Waals surface area contributed by atoms with Crippen LogP contribution < -0.4 is 5.32 Å². The van der Waals surface area contributed by atoms with Gasteiger partial charge >= 0.3 is 0 Å². The Bertz CT molecular complexity index is 476. The average molecular weight is 381 g/mol. The van der Waals surface area contributed by atoms with E-state index in [-0.39, 0.29) is 22.6 Å². The lowest BCUT2D eigenvalue weighted by Gasteiger charge is -2.37. The standard InChI is InChI=1S/C16H24BrClFNO/c1-6-20-14(15(21-7-2)16(3,4)5)10-8-9-11(17)12(18)13(10)19/h8-9,14-15,20H,6-7H2,1-5H3. The molecule has 5 heteroatoms. The van der Waals surface area contributed by atoms with Crippen LogP contribution in [-0.4, -0.2) is 19.3 Å². The zero-order valence-electron chi connectivity index (χ0n) is 13.3. The van der Waals surface area contributed by atoms with Crippen LogP contribution in [0.1, 0.15) is 46.2 Å². The van der Waals surface area contributed by atoms with Gasteiger partial charge in [0.2, 0.25) is 0 Å². The summed E-state index contributed by atoms with van der Waals surface area (Å²) >= 11 is 9.28. The summed E-state index contributed by atoms with van der Waals surface area (Å²) in [4.78, 5) is 0. The molecule has 0 aliphatic rings. The molecule has 0 aliphatic heterocycles. The summed E-state index contributed by atoms with van der Waals surface area (Å²) < 4.78 is 21.0. The highest BCUT2D eigenvalue weighted by Crippen LogP contribution is 2.37. The molecule has 0 aromatic heterocycles. The molecule has 2 nitrogen and oxygen atoms in total. The number of nitrogens with one attached hydrogen (secondary N) is 1. The van der Waals surface area contributed by atoms with E-state index < -0.39 is 5.82 Å². The van der Waals surface area contributed by atoms with Crippen LogP contribution in [0.5, 0.6) is 0 Å². The third kappa shape index (κ3) is 4.65. The first-order chi connectivity index (χ1) is 9.73. The van der Waals surface area contributed by atoms with Gasteiger partial charge in [0.05, 0.1) is 17.2 Å². The largest absolute Gasteiger partial charge is 0.376 e. The molecule has 0 aliphatic carbocycles. The van der Waals surface area contributed by atoms with Gasteiger partial charge in [-0.15, -0.1) is 0 Å². The SMILES string of the molecule is CCNC(c1ccc(Br)c(Cl)c1F)C(OCC)C(C)(C)C. The van der Waals surface area contributed by atoms with Crippen molar-refractivity contribution in [3.63, 3.8) is 0 Å². The van der Waals surface area contributed by atoms with Crippen molar-refractivity contribution in [2.24, 2.45) is 5.41 Å². The highest BCUT2D eigenvalue weighted by Gasteiger charge is 2.35. The van der Waals surface area contributed by atoms with Gasteiger partial charge in [-0.1, -0.05) is 45.4 Å². The molecule has 0 radical (unpaired) electrons. The summed E-state index contributed by atoms with van der Waals surface area (Å²) in [6.45, 7) is 11.5. The zero-order valence-corrected chi connectivity index (χ0v) is 15.6. The fraction of sp³-hybridized carbons (Fsp3) is 0.625. The molecule has 0 spiro atoms. The smallest absolute Gasteiger partial charge is 0.147 e. The molecular formula is C16H24BrClFNO. The van der Waals surface area contributed by atoms with Crippen molar-refractivity contribution in [3.05, 3.63) is 33.0 Å². The Morgan fingerprint density at radius 1 is 1.33 bits per heavy atom. The minimum Gasteiger partial charge on any atom is -0.376 e. The van der Waals surface area contributed by atoms with Gasteiger partial charge in [-0.05, 0) is 40.9 Å². The van der Waals surface area contributed by atoms with E-state index in [0.717, 1.165) is 6.54 Å². The van der Waals surface area contributed by atoms with E-state index in [2.05, 4.69) is 42.0 Å². The second-order valence-corrected chi connectivity index (χ2v) is 7.27. The van der Waals surface area contributed by atoms with Crippen molar-refractivity contribution in [1.29, 1.82) is 0 Å². The molecule has 0 heterocycles. The molecule has 21 heavy (non-hydrogen) atoms. The van der Waals surface area contributed by atoms with Gasteiger partial charge in [-0.2, -0.15) is 0 Å². The Hall–Kier alpha value is -0.160. The van der Waals surface area contributed by atoms with Crippen molar-refractivity contribution in [2.45, 2.75) is 46.8 Å². The molecule has 2 unspecified atom stereocenters. The summed E-state index contributed by atoms with van der Waals surface area (Å²) in [6.07, 6.45) is -0.158. The van der Waals surface area contributed by atoms with E-state index in [4.69, 9.17) is 16.3 Å². The van der Waals surface area contributed by atoms with Crippen LogP contribution in [0.2, 0.25) is 5.02 Å². The zero-order chi connectivity index (χ0) is 16.2. The predicted octanol–water partition coefficient (Wildman–Crippen LogP) is 5.34. The van der Waals surface area contributed by atoms with Gasteiger partial charge < -0.3 is 10.1 Å². The van der Waals surface area contributed by atoms with Crippen LogP contribution >= 0.6 is 27.5 Å². The van der Waals surface area contributed by atoms with Gasteiger partial charge in [-0.25, -0.2) is 4.39 Å². The summed E-state index contributed by atoms with van der Waals surface area (Å²) in [5.74, 6) is -0.397. The van der Waals surface area contributed by atoms with Crippen molar-refractivity contribution < 1.29 is 9.13 Å². The minimum absolute atomic E-state index is 0.111. The molecule has 120 valence electrons. The van der Waals surface area contributed by atoms with E-state index in [9.17, 15) is 4.39 Å². The first kappa shape index (κ1) is 18.9. The van der Waals surface area contributed by atoms with Crippen LogP contribution in [0.15, 0.2) is 16.6 Å². The molecule has 0 fully saturated rings. The first-order valence-corrected chi connectivity index (χ1v) is 8.39. The Kier molecular flexibility index (Phi) is 7.11. The monoisotopic (exact) mass is 379 g/mol. The van der Waals surface area contributed by atoms with Gasteiger partial charge in [-0.3, -0.25) is 0 Å². The highest BCUT2D eigenvalue weighted by atomic mass is 79.9. The van der Waals surface area contributed by atoms with Gasteiger partial charge in [0.25, 0.3) is 0 Å². The number of benzene rings is 1. The molecular weight excluding hydrogens is 357 g/mol. The number of ether oxygens (including phenoxy) is 1. The Morgan fingerprint density at radius 3 is 2.43 bits per heavy atom. The first-order valence-electron chi connectivity index (χ1n) is 7.22. The van der Waals surface area contributed by atoms with Crippen molar-refractivity contribution >= 4 is 27.5 Å². The lowest BCUT2D eigenvalue weighted by atomic mass is 9.81. The molecule has 1 aromatic carbocycles. The van der Waals surface area contributed by atoms with Crippen molar-refractivity contribution in [1.82, 2.24) is 5.32 Å². The normalized spacial score (nSPS) is 15.0. The minimum atomic E-state index is -0.397. The fourth-order valence-corrected chi connectivity index (χ4v) is 2.89. The van der Waals surface area contributed by atoms with Gasteiger partial charge in [0.15, 0.2) is 0 Å². The summed E-state index contributed by atoms with van der Waals surface area (Å²) in [5.41, 5.74) is 0.410. The topological polar surface area (TPSA) is 21.3 Å². The lowest BCUT2D eigenvalue weighted by Crippen LogP contribution is -2.42. The van der Waals surface area contributed by atoms with Crippen LogP contribution in [0.3, 0.4) is 0 Å². The maximum absolute atomic E-state index is 14.6. The van der Waals surface area contributed by atoms with E-state index in [0.29, 0.717) is 16.6 Å². The number of rotatable bonds is 6. The number of hydrogen-bond donors (Lipinski definition) is 1. The molecule has 0 amide bonds. The second kappa shape index (κ2) is 7.91. The average Bonchev–Trinajstić information content (AvgIpc) is 2.40. The van der Waals surface area contributed by atoms with E-state index in [1.54, 1.807) is 12.1 Å². The van der Waals surface area contributed by atoms with Crippen LogP contribution in [0, 0.1) is 11.2 Å². The molecule has 1 N–H and O–H groups in total. The Labute approximate surface area is 140 Å². The van der Waals surface area contributed by atoms with Crippen LogP contribution in [-0.2, 0) is 4.74 Å². The lowest BCUT2D eigenvalue weighted by molar-refractivity contribution is -0.0369. The van der Waals surface area contributed by atoms with E-state index >= 15 is 0 Å². The highest BCUT2D eigenvalue weighted by molar-refractivity contribution is 9.10. The summed E-state index contributed by atoms with van der Waals surface area (Å²) in [7, 11) is 0. The maximum Gasteiger partial charge on any atom is 0.147 e. The molecule has 0 saturated heterocycles. The second-order valence-electron chi connectivity index (χ2n) is 6.04. The van der Waals surface area contributed by atoms with Crippen LogP contribution in [0.25, 0.3) is 0 Å².